The number of rotatable bonds is 3. The molecule has 0 aromatic heterocycles. The lowest BCUT2D eigenvalue weighted by Gasteiger charge is -2.37. The van der Waals surface area contributed by atoms with Gasteiger partial charge in [-0.2, -0.15) is 0 Å². The summed E-state index contributed by atoms with van der Waals surface area (Å²) in [5.74, 6) is 0. The summed E-state index contributed by atoms with van der Waals surface area (Å²) in [6.45, 7) is 6.97. The van der Waals surface area contributed by atoms with Crippen molar-refractivity contribution in [2.24, 2.45) is 5.41 Å². The Morgan fingerprint density at radius 2 is 2.00 bits per heavy atom. The molecule has 1 heterocycles. The van der Waals surface area contributed by atoms with Gasteiger partial charge in [-0.15, -0.1) is 0 Å². The van der Waals surface area contributed by atoms with Crippen molar-refractivity contribution < 1.29 is 5.11 Å². The summed E-state index contributed by atoms with van der Waals surface area (Å²) in [5.41, 5.74) is 3.00. The molecule has 2 heteroatoms. The van der Waals surface area contributed by atoms with Gasteiger partial charge >= 0.3 is 0 Å². The summed E-state index contributed by atoms with van der Waals surface area (Å²) in [4.78, 5) is 2.56. The fourth-order valence-electron chi connectivity index (χ4n) is 4.18. The molecule has 2 atom stereocenters. The summed E-state index contributed by atoms with van der Waals surface area (Å²) in [7, 11) is 0. The average Bonchev–Trinajstić information content (AvgIpc) is 2.93. The van der Waals surface area contributed by atoms with Crippen LogP contribution in [0.5, 0.6) is 0 Å². The van der Waals surface area contributed by atoms with Gasteiger partial charge in [0, 0.05) is 12.6 Å². The Labute approximate surface area is 122 Å². The SMILES string of the molecule is CCC1(CC)CCN(C2CCc3ccccc3C2O)C1. The fourth-order valence-corrected chi connectivity index (χ4v) is 4.18. The van der Waals surface area contributed by atoms with Crippen molar-refractivity contribution in [2.75, 3.05) is 13.1 Å². The summed E-state index contributed by atoms with van der Waals surface area (Å²) in [6.07, 6.45) is 5.73. The lowest BCUT2D eigenvalue weighted by atomic mass is 9.81. The van der Waals surface area contributed by atoms with Crippen LogP contribution in [0.3, 0.4) is 0 Å². The van der Waals surface area contributed by atoms with Crippen molar-refractivity contribution in [2.45, 2.75) is 58.1 Å². The molecule has 20 heavy (non-hydrogen) atoms. The Balaban J connectivity index is 1.77. The van der Waals surface area contributed by atoms with Crippen LogP contribution in [-0.4, -0.2) is 29.1 Å². The Morgan fingerprint density at radius 1 is 1.25 bits per heavy atom. The van der Waals surface area contributed by atoms with Crippen LogP contribution in [0.1, 0.15) is 56.8 Å². The standard InChI is InChI=1S/C18H27NO/c1-3-18(4-2)11-12-19(13-18)16-10-9-14-7-5-6-8-15(14)17(16)20/h5-8,16-17,20H,3-4,9-13H2,1-2H3. The molecule has 2 unspecified atom stereocenters. The normalized spacial score (nSPS) is 29.4. The number of aliphatic hydroxyl groups is 1. The van der Waals surface area contributed by atoms with E-state index in [4.69, 9.17) is 0 Å². The van der Waals surface area contributed by atoms with Gasteiger partial charge in [0.15, 0.2) is 0 Å². The number of benzene rings is 1. The number of likely N-dealkylation sites (tertiary alicyclic amines) is 1. The van der Waals surface area contributed by atoms with Crippen LogP contribution >= 0.6 is 0 Å². The highest BCUT2D eigenvalue weighted by molar-refractivity contribution is 5.32. The average molecular weight is 273 g/mol. The second kappa shape index (κ2) is 5.50. The fraction of sp³-hybridized carbons (Fsp3) is 0.667. The third-order valence-electron chi connectivity index (χ3n) is 5.88. The predicted octanol–water partition coefficient (Wildman–Crippen LogP) is 3.55. The molecule has 1 aromatic carbocycles. The molecule has 0 saturated carbocycles. The molecule has 0 spiro atoms. The first-order valence-corrected chi connectivity index (χ1v) is 8.19. The smallest absolute Gasteiger partial charge is 0.0947 e. The minimum Gasteiger partial charge on any atom is -0.387 e. The van der Waals surface area contributed by atoms with E-state index in [2.05, 4.69) is 43.0 Å². The maximum absolute atomic E-state index is 10.8. The zero-order valence-electron chi connectivity index (χ0n) is 12.8. The molecule has 2 aliphatic rings. The first kappa shape index (κ1) is 14.1. The molecule has 1 fully saturated rings. The minimum atomic E-state index is -0.301. The highest BCUT2D eigenvalue weighted by Crippen LogP contribution is 2.41. The highest BCUT2D eigenvalue weighted by atomic mass is 16.3. The van der Waals surface area contributed by atoms with Crippen molar-refractivity contribution in [3.63, 3.8) is 0 Å². The third-order valence-corrected chi connectivity index (χ3v) is 5.88. The van der Waals surface area contributed by atoms with Crippen molar-refractivity contribution in [1.82, 2.24) is 4.90 Å². The van der Waals surface area contributed by atoms with Gasteiger partial charge in [0.25, 0.3) is 0 Å². The zero-order chi connectivity index (χ0) is 14.2. The van der Waals surface area contributed by atoms with Crippen LogP contribution in [0.2, 0.25) is 0 Å². The van der Waals surface area contributed by atoms with Crippen molar-refractivity contribution in [3.8, 4) is 0 Å². The van der Waals surface area contributed by atoms with Crippen molar-refractivity contribution >= 4 is 0 Å². The van der Waals surface area contributed by atoms with E-state index >= 15 is 0 Å². The van der Waals surface area contributed by atoms with Gasteiger partial charge in [0.1, 0.15) is 0 Å². The molecule has 0 radical (unpaired) electrons. The molecular formula is C18H27NO. The molecule has 2 nitrogen and oxygen atoms in total. The topological polar surface area (TPSA) is 23.5 Å². The van der Waals surface area contributed by atoms with E-state index in [1.807, 2.05) is 0 Å². The van der Waals surface area contributed by atoms with Gasteiger partial charge in [-0.05, 0) is 55.2 Å². The van der Waals surface area contributed by atoms with Gasteiger partial charge in [-0.3, -0.25) is 4.90 Å². The van der Waals surface area contributed by atoms with Crippen molar-refractivity contribution in [3.05, 3.63) is 35.4 Å². The van der Waals surface area contributed by atoms with Crippen LogP contribution in [0.4, 0.5) is 0 Å². The Bertz CT molecular complexity index is 466. The maximum Gasteiger partial charge on any atom is 0.0947 e. The summed E-state index contributed by atoms with van der Waals surface area (Å²) < 4.78 is 0. The first-order chi connectivity index (χ1) is 9.69. The Morgan fingerprint density at radius 3 is 2.70 bits per heavy atom. The van der Waals surface area contributed by atoms with Crippen LogP contribution in [-0.2, 0) is 6.42 Å². The van der Waals surface area contributed by atoms with Gasteiger partial charge in [0.2, 0.25) is 0 Å². The maximum atomic E-state index is 10.8. The van der Waals surface area contributed by atoms with Gasteiger partial charge < -0.3 is 5.11 Å². The summed E-state index contributed by atoms with van der Waals surface area (Å²) in [5, 5.41) is 10.8. The molecule has 0 bridgehead atoms. The number of aryl methyl sites for hydroxylation is 1. The quantitative estimate of drug-likeness (QED) is 0.910. The number of hydrogen-bond donors (Lipinski definition) is 1. The highest BCUT2D eigenvalue weighted by Gasteiger charge is 2.41. The lowest BCUT2D eigenvalue weighted by molar-refractivity contribution is 0.0416. The number of aliphatic hydroxyl groups excluding tert-OH is 1. The van der Waals surface area contributed by atoms with Crippen LogP contribution in [0, 0.1) is 5.41 Å². The monoisotopic (exact) mass is 273 g/mol. The molecule has 1 aromatic rings. The molecule has 1 aliphatic heterocycles. The predicted molar refractivity (Wildman–Crippen MR) is 82.7 cm³/mol. The minimum absolute atomic E-state index is 0.301. The van der Waals surface area contributed by atoms with Crippen LogP contribution in [0.25, 0.3) is 0 Å². The molecular weight excluding hydrogens is 246 g/mol. The Hall–Kier alpha value is -0.860. The summed E-state index contributed by atoms with van der Waals surface area (Å²) >= 11 is 0. The van der Waals surface area contributed by atoms with E-state index in [1.54, 1.807) is 0 Å². The van der Waals surface area contributed by atoms with Gasteiger partial charge in [-0.1, -0.05) is 38.1 Å². The molecule has 1 saturated heterocycles. The van der Waals surface area contributed by atoms with Gasteiger partial charge in [0.05, 0.1) is 6.10 Å². The molecule has 1 N–H and O–H groups in total. The van der Waals surface area contributed by atoms with E-state index in [0.717, 1.165) is 24.9 Å². The van der Waals surface area contributed by atoms with E-state index < -0.39 is 0 Å². The first-order valence-electron chi connectivity index (χ1n) is 8.19. The molecule has 1 aliphatic carbocycles. The molecule has 0 amide bonds. The molecule has 3 rings (SSSR count). The third kappa shape index (κ3) is 2.29. The number of fused-ring (bicyclic) bond motifs is 1. The largest absolute Gasteiger partial charge is 0.387 e. The van der Waals surface area contributed by atoms with E-state index in [1.165, 1.54) is 31.4 Å². The summed E-state index contributed by atoms with van der Waals surface area (Å²) in [6, 6.07) is 8.73. The Kier molecular flexibility index (Phi) is 3.87. The molecule has 110 valence electrons. The number of hydrogen-bond acceptors (Lipinski definition) is 2. The van der Waals surface area contributed by atoms with Crippen LogP contribution < -0.4 is 0 Å². The van der Waals surface area contributed by atoms with E-state index in [9.17, 15) is 5.11 Å². The zero-order valence-corrected chi connectivity index (χ0v) is 12.8. The van der Waals surface area contributed by atoms with Crippen molar-refractivity contribution in [1.29, 1.82) is 0 Å². The second-order valence-electron chi connectivity index (χ2n) is 6.68. The van der Waals surface area contributed by atoms with Crippen LogP contribution in [0.15, 0.2) is 24.3 Å². The van der Waals surface area contributed by atoms with Gasteiger partial charge in [-0.25, -0.2) is 0 Å². The van der Waals surface area contributed by atoms with E-state index in [0.29, 0.717) is 11.5 Å². The van der Waals surface area contributed by atoms with E-state index in [-0.39, 0.29) is 6.10 Å². The lowest BCUT2D eigenvalue weighted by Crippen LogP contribution is -2.42. The number of nitrogens with zero attached hydrogens (tertiary/aromatic N) is 1. The second-order valence-corrected chi connectivity index (χ2v) is 6.68.